The van der Waals surface area contributed by atoms with E-state index in [-0.39, 0.29) is 5.92 Å². The Kier molecular flexibility index (Phi) is 4.98. The second-order valence-electron chi connectivity index (χ2n) is 3.21. The second kappa shape index (κ2) is 6.55. The summed E-state index contributed by atoms with van der Waals surface area (Å²) in [7, 11) is 0. The Labute approximate surface area is 93.8 Å². The first-order valence-electron chi connectivity index (χ1n) is 5.03. The molecule has 0 spiro atoms. The van der Waals surface area contributed by atoms with Gasteiger partial charge in [0.15, 0.2) is 0 Å². The van der Waals surface area contributed by atoms with Crippen molar-refractivity contribution in [2.75, 3.05) is 6.61 Å². The summed E-state index contributed by atoms with van der Waals surface area (Å²) in [5.41, 5.74) is 0. The highest BCUT2D eigenvalue weighted by molar-refractivity contribution is 5.79. The molecule has 1 atom stereocenters. The first kappa shape index (κ1) is 12.2. The lowest BCUT2D eigenvalue weighted by Crippen LogP contribution is -2.10. The minimum absolute atomic E-state index is 0.0555. The summed E-state index contributed by atoms with van der Waals surface area (Å²) in [6, 6.07) is 2.01. The van der Waals surface area contributed by atoms with Gasteiger partial charge in [-0.05, 0) is 12.5 Å². The topological polar surface area (TPSA) is 72.3 Å². The maximum atomic E-state index is 10.3. The number of ether oxygens (including phenoxy) is 1. The Balaban J connectivity index is 2.43. The predicted molar refractivity (Wildman–Crippen MR) is 58.1 cm³/mol. The minimum Gasteiger partial charge on any atom is -0.478 e. The zero-order valence-electron chi connectivity index (χ0n) is 9.04. The summed E-state index contributed by atoms with van der Waals surface area (Å²) in [6.07, 6.45) is 6.73. The molecule has 86 valence electrons. The highest BCUT2D eigenvalue weighted by Gasteiger charge is 2.05. The van der Waals surface area contributed by atoms with E-state index in [0.717, 1.165) is 12.5 Å². The van der Waals surface area contributed by atoms with Crippen LogP contribution in [0.1, 0.15) is 13.3 Å². The van der Waals surface area contributed by atoms with Gasteiger partial charge in [-0.15, -0.1) is 0 Å². The minimum atomic E-state index is -0.950. The number of carboxylic acid groups (broad SMARTS) is 1. The number of carboxylic acids is 1. The van der Waals surface area contributed by atoms with Crippen LogP contribution in [0.15, 0.2) is 30.6 Å². The molecule has 0 radical (unpaired) electrons. The molecular formula is C11H14N2O3. The third-order valence-corrected chi connectivity index (χ3v) is 2.00. The lowest BCUT2D eigenvalue weighted by atomic mass is 10.1. The van der Waals surface area contributed by atoms with Gasteiger partial charge in [-0.2, -0.15) is 0 Å². The van der Waals surface area contributed by atoms with Crippen LogP contribution >= 0.6 is 0 Å². The van der Waals surface area contributed by atoms with E-state index < -0.39 is 5.97 Å². The van der Waals surface area contributed by atoms with Crippen LogP contribution in [0.25, 0.3) is 0 Å². The van der Waals surface area contributed by atoms with Crippen LogP contribution in [0.3, 0.4) is 0 Å². The summed E-state index contributed by atoms with van der Waals surface area (Å²) in [5, 5.41) is 8.49. The molecule has 0 aromatic carbocycles. The van der Waals surface area contributed by atoms with Crippen LogP contribution in [0, 0.1) is 5.92 Å². The van der Waals surface area contributed by atoms with E-state index >= 15 is 0 Å². The molecule has 0 aliphatic heterocycles. The smallest absolute Gasteiger partial charge is 0.327 e. The van der Waals surface area contributed by atoms with Gasteiger partial charge in [0, 0.05) is 24.4 Å². The number of nitrogens with zero attached hydrogens (tertiary/aromatic N) is 2. The Morgan fingerprint density at radius 1 is 1.56 bits per heavy atom. The fourth-order valence-corrected chi connectivity index (χ4v) is 1.07. The first-order valence-corrected chi connectivity index (χ1v) is 5.03. The quantitative estimate of drug-likeness (QED) is 0.739. The van der Waals surface area contributed by atoms with Gasteiger partial charge in [-0.3, -0.25) is 0 Å². The molecule has 1 N–H and O–H groups in total. The molecule has 0 bridgehead atoms. The van der Waals surface area contributed by atoms with Crippen LogP contribution in [-0.4, -0.2) is 27.7 Å². The number of rotatable bonds is 6. The molecule has 1 aromatic heterocycles. The fraction of sp³-hybridized carbons (Fsp3) is 0.364. The van der Waals surface area contributed by atoms with Crippen molar-refractivity contribution in [3.05, 3.63) is 30.6 Å². The number of aromatic nitrogens is 2. The highest BCUT2D eigenvalue weighted by atomic mass is 16.5. The van der Waals surface area contributed by atoms with E-state index in [0.29, 0.717) is 12.6 Å². The molecule has 0 aliphatic carbocycles. The normalized spacial score (nSPS) is 12.6. The molecular weight excluding hydrogens is 208 g/mol. The van der Waals surface area contributed by atoms with Crippen molar-refractivity contribution in [2.45, 2.75) is 13.3 Å². The van der Waals surface area contributed by atoms with E-state index in [1.807, 2.05) is 6.92 Å². The van der Waals surface area contributed by atoms with Crippen LogP contribution in [0.5, 0.6) is 6.01 Å². The van der Waals surface area contributed by atoms with Crippen LogP contribution < -0.4 is 4.74 Å². The Morgan fingerprint density at radius 2 is 2.25 bits per heavy atom. The van der Waals surface area contributed by atoms with Crippen molar-refractivity contribution in [3.8, 4) is 6.01 Å². The Bertz CT molecular complexity index is 352. The van der Waals surface area contributed by atoms with Gasteiger partial charge in [0.05, 0.1) is 6.61 Å². The zero-order chi connectivity index (χ0) is 11.8. The maximum Gasteiger partial charge on any atom is 0.327 e. The zero-order valence-corrected chi connectivity index (χ0v) is 9.04. The van der Waals surface area contributed by atoms with Gasteiger partial charge in [0.2, 0.25) is 0 Å². The molecule has 1 unspecified atom stereocenters. The van der Waals surface area contributed by atoms with Gasteiger partial charge in [-0.25, -0.2) is 14.8 Å². The lowest BCUT2D eigenvalue weighted by Gasteiger charge is -2.09. The second-order valence-corrected chi connectivity index (χ2v) is 3.21. The average Bonchev–Trinajstić information content (AvgIpc) is 2.30. The SMILES string of the molecule is CCC(C=CC(=O)O)COc1ncccn1. The standard InChI is InChI=1S/C11H14N2O3/c1-2-9(4-5-10(14)15)8-16-11-12-6-3-7-13-11/h3-7,9H,2,8H2,1H3,(H,14,15). The highest BCUT2D eigenvalue weighted by Crippen LogP contribution is 2.07. The van der Waals surface area contributed by atoms with E-state index in [9.17, 15) is 4.79 Å². The Morgan fingerprint density at radius 3 is 2.81 bits per heavy atom. The fourth-order valence-electron chi connectivity index (χ4n) is 1.07. The molecule has 0 amide bonds. The van der Waals surface area contributed by atoms with Gasteiger partial charge in [-0.1, -0.05) is 13.0 Å². The van der Waals surface area contributed by atoms with Crippen molar-refractivity contribution >= 4 is 5.97 Å². The van der Waals surface area contributed by atoms with Crippen molar-refractivity contribution in [2.24, 2.45) is 5.92 Å². The molecule has 16 heavy (non-hydrogen) atoms. The lowest BCUT2D eigenvalue weighted by molar-refractivity contribution is -0.131. The molecule has 5 nitrogen and oxygen atoms in total. The van der Waals surface area contributed by atoms with Crippen molar-refractivity contribution < 1.29 is 14.6 Å². The van der Waals surface area contributed by atoms with Crippen LogP contribution in [-0.2, 0) is 4.79 Å². The third kappa shape index (κ3) is 4.54. The number of aliphatic carboxylic acids is 1. The molecule has 0 fully saturated rings. The molecule has 0 aliphatic rings. The molecule has 1 heterocycles. The van der Waals surface area contributed by atoms with Gasteiger partial charge in [0.25, 0.3) is 0 Å². The van der Waals surface area contributed by atoms with E-state index in [1.165, 1.54) is 0 Å². The van der Waals surface area contributed by atoms with Crippen molar-refractivity contribution in [1.29, 1.82) is 0 Å². The van der Waals surface area contributed by atoms with E-state index in [2.05, 4.69) is 9.97 Å². The Hall–Kier alpha value is -1.91. The van der Waals surface area contributed by atoms with Gasteiger partial charge < -0.3 is 9.84 Å². The summed E-state index contributed by atoms with van der Waals surface area (Å²) < 4.78 is 5.32. The monoisotopic (exact) mass is 222 g/mol. The molecule has 0 saturated heterocycles. The molecule has 0 saturated carbocycles. The van der Waals surface area contributed by atoms with Gasteiger partial charge in [0.1, 0.15) is 0 Å². The predicted octanol–water partition coefficient (Wildman–Crippen LogP) is 1.52. The van der Waals surface area contributed by atoms with E-state index in [4.69, 9.17) is 9.84 Å². The summed E-state index contributed by atoms with van der Waals surface area (Å²) >= 11 is 0. The largest absolute Gasteiger partial charge is 0.478 e. The number of hydrogen-bond donors (Lipinski definition) is 1. The average molecular weight is 222 g/mol. The van der Waals surface area contributed by atoms with Crippen molar-refractivity contribution in [3.63, 3.8) is 0 Å². The number of hydrogen-bond acceptors (Lipinski definition) is 4. The number of carbonyl (C=O) groups is 1. The van der Waals surface area contributed by atoms with Crippen LogP contribution in [0.2, 0.25) is 0 Å². The third-order valence-electron chi connectivity index (χ3n) is 2.00. The van der Waals surface area contributed by atoms with Crippen molar-refractivity contribution in [1.82, 2.24) is 9.97 Å². The summed E-state index contributed by atoms with van der Waals surface area (Å²) in [4.78, 5) is 18.2. The molecule has 1 rings (SSSR count). The van der Waals surface area contributed by atoms with Crippen LogP contribution in [0.4, 0.5) is 0 Å². The van der Waals surface area contributed by atoms with E-state index in [1.54, 1.807) is 24.5 Å². The first-order chi connectivity index (χ1) is 7.72. The molecule has 1 aromatic rings. The maximum absolute atomic E-state index is 10.3. The molecule has 5 heteroatoms. The van der Waals surface area contributed by atoms with Gasteiger partial charge >= 0.3 is 12.0 Å². The summed E-state index contributed by atoms with van der Waals surface area (Å²) in [5.74, 6) is -0.894. The summed E-state index contributed by atoms with van der Waals surface area (Å²) in [6.45, 7) is 2.34.